The van der Waals surface area contributed by atoms with Crippen molar-refractivity contribution in [1.29, 1.82) is 0 Å². The van der Waals surface area contributed by atoms with Crippen LogP contribution in [0.5, 0.6) is 5.75 Å². The average molecular weight is 250 g/mol. The van der Waals surface area contributed by atoms with Crippen LogP contribution in [0, 0.1) is 0 Å². The number of aldehydes is 1. The maximum absolute atomic E-state index is 11.1. The molecule has 0 atom stereocenters. The molecular formula is C13H19BO4. The first-order valence-corrected chi connectivity index (χ1v) is 6.02. The summed E-state index contributed by atoms with van der Waals surface area (Å²) in [6, 6.07) is 3.39. The van der Waals surface area contributed by atoms with E-state index in [0.29, 0.717) is 11.8 Å². The van der Waals surface area contributed by atoms with Crippen molar-refractivity contribution in [2.75, 3.05) is 0 Å². The minimum Gasteiger partial charge on any atom is -0.491 e. The molecule has 0 heterocycles. The number of hydrogen-bond acceptors (Lipinski definition) is 4. The van der Waals surface area contributed by atoms with Crippen LogP contribution in [0.3, 0.4) is 0 Å². The maximum Gasteiger partial charge on any atom is 0.492 e. The van der Waals surface area contributed by atoms with Gasteiger partial charge in [0.25, 0.3) is 0 Å². The van der Waals surface area contributed by atoms with Crippen LogP contribution in [0.1, 0.15) is 49.5 Å². The quantitative estimate of drug-likeness (QED) is 0.606. The highest BCUT2D eigenvalue weighted by Gasteiger charge is 2.22. The summed E-state index contributed by atoms with van der Waals surface area (Å²) >= 11 is 0. The highest BCUT2D eigenvalue weighted by Crippen LogP contribution is 2.22. The molecule has 0 saturated carbocycles. The van der Waals surface area contributed by atoms with E-state index in [1.807, 2.05) is 27.7 Å². The Balaban J connectivity index is 3.41. The Labute approximate surface area is 108 Å². The van der Waals surface area contributed by atoms with Crippen LogP contribution in [0.15, 0.2) is 12.1 Å². The molecule has 0 unspecified atom stereocenters. The summed E-state index contributed by atoms with van der Waals surface area (Å²) in [6.07, 6.45) is 0.529. The minimum absolute atomic E-state index is 0.147. The molecule has 0 aromatic heterocycles. The second-order valence-electron chi connectivity index (χ2n) is 4.84. The van der Waals surface area contributed by atoms with Crippen molar-refractivity contribution < 1.29 is 19.6 Å². The lowest BCUT2D eigenvalue weighted by Gasteiger charge is -2.18. The lowest BCUT2D eigenvalue weighted by Crippen LogP contribution is -2.33. The molecule has 0 aliphatic carbocycles. The van der Waals surface area contributed by atoms with Gasteiger partial charge < -0.3 is 14.8 Å². The van der Waals surface area contributed by atoms with Crippen LogP contribution in [-0.4, -0.2) is 29.6 Å². The van der Waals surface area contributed by atoms with E-state index in [4.69, 9.17) is 4.74 Å². The molecule has 1 aromatic rings. The van der Waals surface area contributed by atoms with Gasteiger partial charge >= 0.3 is 7.12 Å². The predicted molar refractivity (Wildman–Crippen MR) is 71.5 cm³/mol. The van der Waals surface area contributed by atoms with Gasteiger partial charge in [-0.05, 0) is 31.4 Å². The molecule has 0 spiro atoms. The highest BCUT2D eigenvalue weighted by atomic mass is 16.5. The molecule has 98 valence electrons. The van der Waals surface area contributed by atoms with Crippen molar-refractivity contribution in [3.63, 3.8) is 0 Å². The Kier molecular flexibility index (Phi) is 4.93. The Morgan fingerprint density at radius 1 is 1.22 bits per heavy atom. The van der Waals surface area contributed by atoms with Crippen LogP contribution in [0.25, 0.3) is 0 Å². The third kappa shape index (κ3) is 3.34. The van der Waals surface area contributed by atoms with Crippen LogP contribution >= 0.6 is 0 Å². The maximum atomic E-state index is 11.1. The summed E-state index contributed by atoms with van der Waals surface area (Å²) in [6.45, 7) is 7.58. The summed E-state index contributed by atoms with van der Waals surface area (Å²) in [7, 11) is -1.66. The van der Waals surface area contributed by atoms with Gasteiger partial charge in [0.15, 0.2) is 6.29 Å². The minimum atomic E-state index is -1.66. The van der Waals surface area contributed by atoms with Crippen LogP contribution in [-0.2, 0) is 0 Å². The molecular weight excluding hydrogens is 231 g/mol. The summed E-state index contributed by atoms with van der Waals surface area (Å²) in [5.41, 5.74) is 1.45. The molecule has 5 heteroatoms. The number of carbonyl (C=O) groups is 1. The Bertz CT molecular complexity index is 427. The van der Waals surface area contributed by atoms with Gasteiger partial charge in [-0.2, -0.15) is 0 Å². The van der Waals surface area contributed by atoms with Gasteiger partial charge in [-0.1, -0.05) is 19.9 Å². The third-order valence-corrected chi connectivity index (χ3v) is 2.59. The van der Waals surface area contributed by atoms with Gasteiger partial charge in [0, 0.05) is 5.46 Å². The van der Waals surface area contributed by atoms with E-state index in [-0.39, 0.29) is 23.2 Å². The van der Waals surface area contributed by atoms with Gasteiger partial charge in [-0.15, -0.1) is 0 Å². The normalized spacial score (nSPS) is 10.9. The fourth-order valence-corrected chi connectivity index (χ4v) is 1.68. The summed E-state index contributed by atoms with van der Waals surface area (Å²) < 4.78 is 5.51. The van der Waals surface area contributed by atoms with Crippen molar-refractivity contribution in [3.05, 3.63) is 23.3 Å². The first kappa shape index (κ1) is 14.7. The van der Waals surface area contributed by atoms with Gasteiger partial charge in [0.2, 0.25) is 0 Å². The number of hydrogen-bond donors (Lipinski definition) is 2. The first-order valence-electron chi connectivity index (χ1n) is 6.02. The van der Waals surface area contributed by atoms with E-state index in [9.17, 15) is 14.8 Å². The molecule has 0 saturated heterocycles. The molecule has 2 N–H and O–H groups in total. The molecule has 1 aromatic carbocycles. The van der Waals surface area contributed by atoms with Crippen LogP contribution in [0.2, 0.25) is 0 Å². The largest absolute Gasteiger partial charge is 0.492 e. The molecule has 0 bridgehead atoms. The molecule has 0 fully saturated rings. The van der Waals surface area contributed by atoms with Crippen LogP contribution in [0.4, 0.5) is 0 Å². The van der Waals surface area contributed by atoms with Crippen LogP contribution < -0.4 is 10.2 Å². The number of benzene rings is 1. The number of carbonyl (C=O) groups excluding carboxylic acids is 1. The summed E-state index contributed by atoms with van der Waals surface area (Å²) in [4.78, 5) is 11.1. The zero-order valence-electron chi connectivity index (χ0n) is 11.2. The SMILES string of the molecule is CC(C)Oc1c(C=O)cc(C(C)C)cc1B(O)O. The van der Waals surface area contributed by atoms with Crippen molar-refractivity contribution in [1.82, 2.24) is 0 Å². The van der Waals surface area contributed by atoms with Crippen molar-refractivity contribution in [2.24, 2.45) is 0 Å². The number of rotatable bonds is 5. The molecule has 0 radical (unpaired) electrons. The van der Waals surface area contributed by atoms with E-state index in [1.165, 1.54) is 0 Å². The Hall–Kier alpha value is -1.33. The second-order valence-corrected chi connectivity index (χ2v) is 4.84. The molecule has 18 heavy (non-hydrogen) atoms. The van der Waals surface area contributed by atoms with E-state index >= 15 is 0 Å². The van der Waals surface area contributed by atoms with Gasteiger partial charge in [0.1, 0.15) is 5.75 Å². The van der Waals surface area contributed by atoms with E-state index in [0.717, 1.165) is 5.56 Å². The summed E-state index contributed by atoms with van der Waals surface area (Å²) in [5.74, 6) is 0.439. The van der Waals surface area contributed by atoms with Gasteiger partial charge in [-0.3, -0.25) is 4.79 Å². The predicted octanol–water partition coefficient (Wildman–Crippen LogP) is 1.09. The smallest absolute Gasteiger partial charge is 0.491 e. The highest BCUT2D eigenvalue weighted by molar-refractivity contribution is 6.60. The first-order chi connectivity index (χ1) is 8.36. The fourth-order valence-electron chi connectivity index (χ4n) is 1.68. The molecule has 1 rings (SSSR count). The van der Waals surface area contributed by atoms with Crippen molar-refractivity contribution in [2.45, 2.75) is 39.7 Å². The number of ether oxygens (including phenoxy) is 1. The molecule has 4 nitrogen and oxygen atoms in total. The van der Waals surface area contributed by atoms with E-state index in [2.05, 4.69) is 0 Å². The second kappa shape index (κ2) is 6.02. The standard InChI is InChI=1S/C13H19BO4/c1-8(2)10-5-11(7-15)13(18-9(3)4)12(6-10)14(16)17/h5-9,16-17H,1-4H3. The van der Waals surface area contributed by atoms with Gasteiger partial charge in [0.05, 0.1) is 11.7 Å². The Morgan fingerprint density at radius 3 is 2.22 bits per heavy atom. The lowest BCUT2D eigenvalue weighted by atomic mass is 9.76. The lowest BCUT2D eigenvalue weighted by molar-refractivity contribution is 0.111. The topological polar surface area (TPSA) is 66.8 Å². The van der Waals surface area contributed by atoms with Crippen molar-refractivity contribution >= 4 is 18.9 Å². The molecule has 0 aliphatic heterocycles. The van der Waals surface area contributed by atoms with E-state index < -0.39 is 7.12 Å². The molecule has 0 aliphatic rings. The average Bonchev–Trinajstić information content (AvgIpc) is 2.27. The zero-order valence-corrected chi connectivity index (χ0v) is 11.2. The summed E-state index contributed by atoms with van der Waals surface area (Å²) in [5, 5.41) is 18.8. The molecule has 0 amide bonds. The Morgan fingerprint density at radius 2 is 1.83 bits per heavy atom. The third-order valence-electron chi connectivity index (χ3n) is 2.59. The van der Waals surface area contributed by atoms with E-state index in [1.54, 1.807) is 12.1 Å². The van der Waals surface area contributed by atoms with Gasteiger partial charge in [-0.25, -0.2) is 0 Å². The monoisotopic (exact) mass is 250 g/mol. The zero-order chi connectivity index (χ0) is 13.9. The fraction of sp³-hybridized carbons (Fsp3) is 0.462. The van der Waals surface area contributed by atoms with Crippen molar-refractivity contribution in [3.8, 4) is 5.75 Å².